The number of fused-ring (bicyclic) bond motifs is 6. The van der Waals surface area contributed by atoms with E-state index in [1.807, 2.05) is 18.7 Å². The van der Waals surface area contributed by atoms with Crippen LogP contribution in [0.25, 0.3) is 77.0 Å². The van der Waals surface area contributed by atoms with Crippen LogP contribution in [-0.2, 0) is 14.3 Å². The number of benzene rings is 6. The van der Waals surface area contributed by atoms with Gasteiger partial charge in [-0.25, -0.2) is 19.6 Å². The van der Waals surface area contributed by atoms with Crippen molar-refractivity contribution in [3.63, 3.8) is 0 Å². The molecule has 362 valence electrons. The lowest BCUT2D eigenvalue weighted by Crippen LogP contribution is -2.52. The number of carbonyl (C=O) groups excluding carboxylic acids is 3. The van der Waals surface area contributed by atoms with Crippen LogP contribution < -0.4 is 10.6 Å². The number of amides is 3. The molecule has 71 heavy (non-hydrogen) atoms. The SMILES string of the molecule is COC(=O)N[C@H](C(=O)N1C(c2nc3ccc(-c4ccc5cc(-c6ccc7cc(-c8ccc9nc([C@@H]%10C[C@H]%11C[C@H]%11N%10C[C@@H](NC(=O)OC)C(C)C)[nH]c9c8)ccc7c6)ccc5c4)cc3[nH]2)CC2CC21)C(C)C. The number of ether oxygens (including phenoxy) is 2. The van der Waals surface area contributed by atoms with Crippen LogP contribution in [-0.4, -0.2) is 92.8 Å². The summed E-state index contributed by atoms with van der Waals surface area (Å²) in [6.45, 7) is 8.93. The maximum atomic E-state index is 14.0. The molecule has 13 heteroatoms. The molecule has 0 spiro atoms. The lowest BCUT2D eigenvalue weighted by molar-refractivity contribution is -0.136. The van der Waals surface area contributed by atoms with E-state index >= 15 is 0 Å². The first-order valence-corrected chi connectivity index (χ1v) is 25.2. The van der Waals surface area contributed by atoms with E-state index in [2.05, 4.69) is 149 Å². The van der Waals surface area contributed by atoms with Crippen molar-refractivity contribution < 1.29 is 23.9 Å². The van der Waals surface area contributed by atoms with E-state index in [9.17, 15) is 14.4 Å². The van der Waals surface area contributed by atoms with Gasteiger partial charge in [-0.05, 0) is 153 Å². The normalized spacial score (nSPS) is 22.3. The third-order valence-electron chi connectivity index (χ3n) is 16.0. The molecule has 8 atom stereocenters. The van der Waals surface area contributed by atoms with E-state index in [-0.39, 0.29) is 48.0 Å². The summed E-state index contributed by atoms with van der Waals surface area (Å²) in [7, 11) is 2.73. The van der Waals surface area contributed by atoms with Crippen molar-refractivity contribution in [2.75, 3.05) is 20.8 Å². The fourth-order valence-corrected chi connectivity index (χ4v) is 11.8. The second-order valence-electron chi connectivity index (χ2n) is 21.2. The molecule has 2 aliphatic carbocycles. The Morgan fingerprint density at radius 1 is 0.563 bits per heavy atom. The maximum absolute atomic E-state index is 14.0. The molecule has 4 fully saturated rings. The van der Waals surface area contributed by atoms with Crippen molar-refractivity contribution in [2.45, 2.75) is 89.6 Å². The predicted octanol–water partition coefficient (Wildman–Crippen LogP) is 11.3. The molecule has 3 unspecified atom stereocenters. The molecular formula is C58H60N8O5. The summed E-state index contributed by atoms with van der Waals surface area (Å²) in [4.78, 5) is 60.1. The van der Waals surface area contributed by atoms with Crippen molar-refractivity contribution in [3.8, 4) is 33.4 Å². The third-order valence-corrected chi connectivity index (χ3v) is 16.0. The number of hydrogen-bond acceptors (Lipinski definition) is 8. The Morgan fingerprint density at radius 3 is 1.49 bits per heavy atom. The fourth-order valence-electron chi connectivity index (χ4n) is 11.8. The largest absolute Gasteiger partial charge is 0.453 e. The highest BCUT2D eigenvalue weighted by Crippen LogP contribution is 2.54. The summed E-state index contributed by atoms with van der Waals surface area (Å²) in [5, 5.41) is 10.5. The minimum atomic E-state index is -0.673. The number of aromatic amines is 2. The Morgan fingerprint density at radius 2 is 1.00 bits per heavy atom. The van der Waals surface area contributed by atoms with E-state index in [0.717, 1.165) is 87.2 Å². The minimum absolute atomic E-state index is 0.00788. The van der Waals surface area contributed by atoms with E-state index in [0.29, 0.717) is 17.9 Å². The maximum Gasteiger partial charge on any atom is 0.407 e. The topological polar surface area (TPSA) is 158 Å². The van der Waals surface area contributed by atoms with Crippen LogP contribution >= 0.6 is 0 Å². The zero-order valence-corrected chi connectivity index (χ0v) is 41.0. The zero-order chi connectivity index (χ0) is 48.8. The molecule has 12 rings (SSSR count). The summed E-state index contributed by atoms with van der Waals surface area (Å²) in [5.41, 5.74) is 10.6. The number of aromatic nitrogens is 4. The molecule has 0 radical (unpaired) electrons. The number of imidazole rings is 2. The van der Waals surface area contributed by atoms with Crippen LogP contribution in [0.3, 0.4) is 0 Å². The average Bonchev–Trinajstić information content (AvgIpc) is 4.07. The first-order valence-electron chi connectivity index (χ1n) is 25.2. The highest BCUT2D eigenvalue weighted by atomic mass is 16.5. The molecule has 2 aliphatic heterocycles. The van der Waals surface area contributed by atoms with Gasteiger partial charge in [0.15, 0.2) is 0 Å². The van der Waals surface area contributed by atoms with Crippen LogP contribution in [0.1, 0.15) is 77.1 Å². The highest BCUT2D eigenvalue weighted by molar-refractivity contribution is 5.96. The molecule has 2 aromatic heterocycles. The molecule has 0 bridgehead atoms. The van der Waals surface area contributed by atoms with Crippen LogP contribution in [0.4, 0.5) is 9.59 Å². The molecular weight excluding hydrogens is 889 g/mol. The quantitative estimate of drug-likeness (QED) is 0.0943. The average molecular weight is 949 g/mol. The Kier molecular flexibility index (Phi) is 11.1. The number of likely N-dealkylation sites (tertiary alicyclic amines) is 2. The van der Waals surface area contributed by atoms with Crippen LogP contribution in [0.15, 0.2) is 109 Å². The lowest BCUT2D eigenvalue weighted by atomic mass is 9.95. The van der Waals surface area contributed by atoms with Crippen LogP contribution in [0, 0.1) is 23.7 Å². The number of carbonyl (C=O) groups is 3. The molecule has 4 N–H and O–H groups in total. The molecule has 4 heterocycles. The number of H-pyrrole nitrogens is 2. The molecule has 13 nitrogen and oxygen atoms in total. The fraction of sp³-hybridized carbons (Fsp3) is 0.362. The van der Waals surface area contributed by atoms with Crippen molar-refractivity contribution in [1.29, 1.82) is 0 Å². The van der Waals surface area contributed by atoms with Gasteiger partial charge >= 0.3 is 12.2 Å². The van der Waals surface area contributed by atoms with Gasteiger partial charge in [0, 0.05) is 24.7 Å². The Labute approximate surface area is 412 Å². The molecule has 3 amide bonds. The number of rotatable bonds is 12. The summed E-state index contributed by atoms with van der Waals surface area (Å²) in [5.74, 6) is 3.01. The predicted molar refractivity (Wildman–Crippen MR) is 277 cm³/mol. The first kappa shape index (κ1) is 44.9. The van der Waals surface area contributed by atoms with Crippen LogP contribution in [0.5, 0.6) is 0 Å². The summed E-state index contributed by atoms with van der Waals surface area (Å²) < 4.78 is 9.78. The van der Waals surface area contributed by atoms with E-state index in [1.165, 1.54) is 47.9 Å². The Hall–Kier alpha value is -7.25. The van der Waals surface area contributed by atoms with E-state index in [4.69, 9.17) is 19.4 Å². The number of nitrogens with one attached hydrogen (secondary N) is 4. The standard InChI is InChI=1S/C58H60N8O5/c1-30(2)48(63-57(68)70-5)29-65-49-25-42(49)27-51(65)54-59-44-17-15-40(23-46(44)61-54)38-13-11-34-19-32(7-9-36(34)21-38)33-8-10-37-22-39(14-12-35(37)20-33)41-16-18-45-47(24-41)62-55(60-45)52-28-43-26-50(43)66(52)56(67)53(31(3)4)64-58(69)71-6/h7-24,30-31,42-43,48-53H,25-29H2,1-6H3,(H,59,61)(H,60,62)(H,63,68)(H,64,69)/t42-,43?,48-,49-,50?,51+,52?,53+/m1/s1. The monoisotopic (exact) mass is 948 g/mol. The van der Waals surface area contributed by atoms with Gasteiger partial charge in [-0.3, -0.25) is 9.69 Å². The van der Waals surface area contributed by atoms with Gasteiger partial charge in [-0.2, -0.15) is 0 Å². The van der Waals surface area contributed by atoms with Gasteiger partial charge in [-0.1, -0.05) is 88.4 Å². The summed E-state index contributed by atoms with van der Waals surface area (Å²) in [6, 6.07) is 39.6. The number of nitrogens with zero attached hydrogens (tertiary/aromatic N) is 4. The second-order valence-corrected chi connectivity index (χ2v) is 21.2. The Bertz CT molecular complexity index is 3410. The number of hydrogen-bond donors (Lipinski definition) is 4. The lowest BCUT2D eigenvalue weighted by Gasteiger charge is -2.32. The highest BCUT2D eigenvalue weighted by Gasteiger charge is 2.56. The molecule has 6 aromatic carbocycles. The number of piperidine rings is 2. The Balaban J connectivity index is 0.743. The smallest absolute Gasteiger partial charge is 0.407 e. The van der Waals surface area contributed by atoms with Gasteiger partial charge < -0.3 is 35.0 Å². The van der Waals surface area contributed by atoms with Crippen LogP contribution in [0.2, 0.25) is 0 Å². The number of alkyl carbamates (subject to hydrolysis) is 2. The second kappa shape index (κ2) is 17.6. The molecule has 8 aromatic rings. The van der Waals surface area contributed by atoms with Crippen molar-refractivity contribution in [3.05, 3.63) is 121 Å². The summed E-state index contributed by atoms with van der Waals surface area (Å²) in [6.07, 6.45) is 3.14. The first-order chi connectivity index (χ1) is 34.4. The zero-order valence-electron chi connectivity index (χ0n) is 41.0. The molecule has 2 saturated heterocycles. The minimum Gasteiger partial charge on any atom is -0.453 e. The van der Waals surface area contributed by atoms with E-state index < -0.39 is 12.1 Å². The van der Waals surface area contributed by atoms with Gasteiger partial charge in [0.25, 0.3) is 0 Å². The van der Waals surface area contributed by atoms with Gasteiger partial charge in [0.1, 0.15) is 17.7 Å². The number of methoxy groups -OCH3 is 2. The van der Waals surface area contributed by atoms with Crippen molar-refractivity contribution >= 4 is 61.7 Å². The van der Waals surface area contributed by atoms with Gasteiger partial charge in [-0.15, -0.1) is 0 Å². The molecule has 4 aliphatic rings. The molecule has 2 saturated carbocycles. The summed E-state index contributed by atoms with van der Waals surface area (Å²) >= 11 is 0. The van der Waals surface area contributed by atoms with Gasteiger partial charge in [0.05, 0.1) is 48.4 Å². The third kappa shape index (κ3) is 8.33. The van der Waals surface area contributed by atoms with E-state index in [1.54, 1.807) is 0 Å². The van der Waals surface area contributed by atoms with Crippen molar-refractivity contribution in [2.24, 2.45) is 23.7 Å². The van der Waals surface area contributed by atoms with Gasteiger partial charge in [0.2, 0.25) is 5.91 Å². The van der Waals surface area contributed by atoms with Crippen molar-refractivity contribution in [1.82, 2.24) is 40.4 Å².